The molecular weight excluding hydrogens is 266 g/mol. The molecule has 0 aliphatic carbocycles. The van der Waals surface area contributed by atoms with E-state index in [1.807, 2.05) is 25.1 Å². The maximum atomic E-state index is 12.1. The Morgan fingerprint density at radius 3 is 2.48 bits per heavy atom. The third-order valence-corrected chi connectivity index (χ3v) is 3.35. The van der Waals surface area contributed by atoms with E-state index in [0.29, 0.717) is 5.56 Å². The number of aliphatic hydroxyl groups excluding tert-OH is 1. The molecule has 0 aromatic heterocycles. The summed E-state index contributed by atoms with van der Waals surface area (Å²) in [5.41, 5.74) is 2.27. The van der Waals surface area contributed by atoms with Crippen molar-refractivity contribution in [2.45, 2.75) is 13.0 Å². The highest BCUT2D eigenvalue weighted by Gasteiger charge is 2.12. The standard InChI is InChI=1S/C17H19NO3/c1-12-5-3-4-6-15(12)17(20)18-11-16(19)13-7-9-14(21-2)10-8-13/h3-10,16,19H,11H2,1-2H3,(H,18,20)/t16-/m0/s1. The van der Waals surface area contributed by atoms with Crippen molar-refractivity contribution >= 4 is 5.91 Å². The van der Waals surface area contributed by atoms with Gasteiger partial charge >= 0.3 is 0 Å². The number of methoxy groups -OCH3 is 1. The van der Waals surface area contributed by atoms with Gasteiger partial charge in [0.1, 0.15) is 5.75 Å². The van der Waals surface area contributed by atoms with Crippen molar-refractivity contribution in [1.82, 2.24) is 5.32 Å². The Morgan fingerprint density at radius 1 is 1.19 bits per heavy atom. The average Bonchev–Trinajstić information content (AvgIpc) is 2.52. The van der Waals surface area contributed by atoms with Crippen LogP contribution < -0.4 is 10.1 Å². The van der Waals surface area contributed by atoms with Crippen molar-refractivity contribution in [3.05, 3.63) is 65.2 Å². The van der Waals surface area contributed by atoms with Gasteiger partial charge in [-0.2, -0.15) is 0 Å². The van der Waals surface area contributed by atoms with Crippen molar-refractivity contribution < 1.29 is 14.6 Å². The number of amides is 1. The molecular formula is C17H19NO3. The van der Waals surface area contributed by atoms with Crippen molar-refractivity contribution in [2.24, 2.45) is 0 Å². The molecule has 0 fully saturated rings. The third-order valence-electron chi connectivity index (χ3n) is 3.35. The molecule has 0 aliphatic rings. The third kappa shape index (κ3) is 3.83. The SMILES string of the molecule is COc1ccc([C@@H](O)CNC(=O)c2ccccc2C)cc1. The molecule has 1 amide bonds. The molecule has 2 aromatic rings. The second-order valence-electron chi connectivity index (χ2n) is 4.81. The second-order valence-corrected chi connectivity index (χ2v) is 4.81. The number of rotatable bonds is 5. The number of hydrogen-bond acceptors (Lipinski definition) is 3. The fraction of sp³-hybridized carbons (Fsp3) is 0.235. The Labute approximate surface area is 124 Å². The van der Waals surface area contributed by atoms with Crippen LogP contribution >= 0.6 is 0 Å². The molecule has 0 saturated carbocycles. The normalized spacial score (nSPS) is 11.8. The number of nitrogens with one attached hydrogen (secondary N) is 1. The van der Waals surface area contributed by atoms with Gasteiger partial charge in [-0.15, -0.1) is 0 Å². The van der Waals surface area contributed by atoms with Crippen molar-refractivity contribution in [2.75, 3.05) is 13.7 Å². The first-order valence-electron chi connectivity index (χ1n) is 6.77. The highest BCUT2D eigenvalue weighted by molar-refractivity contribution is 5.95. The summed E-state index contributed by atoms with van der Waals surface area (Å²) in [5.74, 6) is 0.551. The lowest BCUT2D eigenvalue weighted by Gasteiger charge is -2.13. The van der Waals surface area contributed by atoms with Crippen LogP contribution in [0, 0.1) is 6.92 Å². The van der Waals surface area contributed by atoms with Crippen molar-refractivity contribution in [3.8, 4) is 5.75 Å². The number of carbonyl (C=O) groups is 1. The molecule has 4 heteroatoms. The molecule has 110 valence electrons. The van der Waals surface area contributed by atoms with E-state index in [1.54, 1.807) is 37.4 Å². The molecule has 2 rings (SSSR count). The Hall–Kier alpha value is -2.33. The lowest BCUT2D eigenvalue weighted by atomic mass is 10.1. The van der Waals surface area contributed by atoms with E-state index in [1.165, 1.54) is 0 Å². The van der Waals surface area contributed by atoms with E-state index < -0.39 is 6.10 Å². The van der Waals surface area contributed by atoms with E-state index in [4.69, 9.17) is 4.74 Å². The molecule has 2 N–H and O–H groups in total. The van der Waals surface area contributed by atoms with Gasteiger partial charge in [-0.3, -0.25) is 4.79 Å². The number of ether oxygens (including phenoxy) is 1. The van der Waals surface area contributed by atoms with E-state index >= 15 is 0 Å². The zero-order valence-electron chi connectivity index (χ0n) is 12.2. The molecule has 21 heavy (non-hydrogen) atoms. The summed E-state index contributed by atoms with van der Waals surface area (Å²) in [7, 11) is 1.59. The van der Waals surface area contributed by atoms with Crippen LogP contribution in [0.25, 0.3) is 0 Å². The zero-order valence-corrected chi connectivity index (χ0v) is 12.2. The molecule has 0 bridgehead atoms. The zero-order chi connectivity index (χ0) is 15.2. The summed E-state index contributed by atoms with van der Waals surface area (Å²) < 4.78 is 5.07. The van der Waals surface area contributed by atoms with Gasteiger partial charge in [0.15, 0.2) is 0 Å². The number of aliphatic hydroxyl groups is 1. The van der Waals surface area contributed by atoms with Crippen LogP contribution in [0.15, 0.2) is 48.5 Å². The summed E-state index contributed by atoms with van der Waals surface area (Å²) in [4.78, 5) is 12.1. The van der Waals surface area contributed by atoms with E-state index in [0.717, 1.165) is 16.9 Å². The minimum absolute atomic E-state index is 0.166. The van der Waals surface area contributed by atoms with Crippen LogP contribution in [0.2, 0.25) is 0 Å². The summed E-state index contributed by atoms with van der Waals surface area (Å²) in [6.45, 7) is 2.05. The largest absolute Gasteiger partial charge is 0.497 e. The van der Waals surface area contributed by atoms with Crippen LogP contribution in [0.4, 0.5) is 0 Å². The maximum absolute atomic E-state index is 12.1. The predicted molar refractivity (Wildman–Crippen MR) is 81.5 cm³/mol. The quantitative estimate of drug-likeness (QED) is 0.887. The van der Waals surface area contributed by atoms with Gasteiger partial charge in [-0.1, -0.05) is 30.3 Å². The van der Waals surface area contributed by atoms with Gasteiger partial charge in [0.25, 0.3) is 5.91 Å². The fourth-order valence-electron chi connectivity index (χ4n) is 2.06. The number of carbonyl (C=O) groups excluding carboxylic acids is 1. The van der Waals surface area contributed by atoms with Crippen LogP contribution in [0.3, 0.4) is 0 Å². The van der Waals surface area contributed by atoms with Gasteiger partial charge in [0.2, 0.25) is 0 Å². The van der Waals surface area contributed by atoms with Gasteiger partial charge in [0, 0.05) is 12.1 Å². The maximum Gasteiger partial charge on any atom is 0.251 e. The molecule has 0 radical (unpaired) electrons. The lowest BCUT2D eigenvalue weighted by molar-refractivity contribution is 0.0915. The summed E-state index contributed by atoms with van der Waals surface area (Å²) >= 11 is 0. The number of aryl methyl sites for hydroxylation is 1. The Morgan fingerprint density at radius 2 is 1.86 bits per heavy atom. The molecule has 2 aromatic carbocycles. The first kappa shape index (κ1) is 15.1. The lowest BCUT2D eigenvalue weighted by Crippen LogP contribution is -2.28. The molecule has 4 nitrogen and oxygen atoms in total. The van der Waals surface area contributed by atoms with E-state index in [9.17, 15) is 9.90 Å². The highest BCUT2D eigenvalue weighted by Crippen LogP contribution is 2.17. The van der Waals surface area contributed by atoms with E-state index in [2.05, 4.69) is 5.32 Å². The average molecular weight is 285 g/mol. The number of benzene rings is 2. The molecule has 1 atom stereocenters. The molecule has 0 heterocycles. The summed E-state index contributed by atoms with van der Waals surface area (Å²) in [5, 5.41) is 12.8. The predicted octanol–water partition coefficient (Wildman–Crippen LogP) is 2.47. The van der Waals surface area contributed by atoms with Crippen molar-refractivity contribution in [1.29, 1.82) is 0 Å². The highest BCUT2D eigenvalue weighted by atomic mass is 16.5. The van der Waals surface area contributed by atoms with Crippen LogP contribution in [-0.4, -0.2) is 24.7 Å². The van der Waals surface area contributed by atoms with Crippen LogP contribution in [0.1, 0.15) is 27.6 Å². The van der Waals surface area contributed by atoms with E-state index in [-0.39, 0.29) is 12.5 Å². The Balaban J connectivity index is 1.95. The van der Waals surface area contributed by atoms with Gasteiger partial charge < -0.3 is 15.2 Å². The molecule has 0 spiro atoms. The molecule has 0 aliphatic heterocycles. The van der Waals surface area contributed by atoms with Crippen molar-refractivity contribution in [3.63, 3.8) is 0 Å². The van der Waals surface area contributed by atoms with Crippen LogP contribution in [0.5, 0.6) is 5.75 Å². The minimum Gasteiger partial charge on any atom is -0.497 e. The molecule has 0 unspecified atom stereocenters. The summed E-state index contributed by atoms with van der Waals surface area (Å²) in [6, 6.07) is 14.5. The first-order chi connectivity index (χ1) is 10.1. The topological polar surface area (TPSA) is 58.6 Å². The number of hydrogen-bond donors (Lipinski definition) is 2. The summed E-state index contributed by atoms with van der Waals surface area (Å²) in [6.07, 6.45) is -0.746. The smallest absolute Gasteiger partial charge is 0.251 e. The minimum atomic E-state index is -0.746. The van der Waals surface area contributed by atoms with Gasteiger partial charge in [-0.05, 0) is 36.2 Å². The first-order valence-corrected chi connectivity index (χ1v) is 6.77. The monoisotopic (exact) mass is 285 g/mol. The Kier molecular flexibility index (Phi) is 4.95. The fourth-order valence-corrected chi connectivity index (χ4v) is 2.06. The van der Waals surface area contributed by atoms with Crippen LogP contribution in [-0.2, 0) is 0 Å². The molecule has 0 saturated heterocycles. The Bertz CT molecular complexity index is 608. The van der Waals surface area contributed by atoms with Gasteiger partial charge in [-0.25, -0.2) is 0 Å². The van der Waals surface area contributed by atoms with Gasteiger partial charge in [0.05, 0.1) is 13.2 Å². The second kappa shape index (κ2) is 6.90.